The van der Waals surface area contributed by atoms with Crippen LogP contribution < -0.4 is 16.4 Å². The normalized spacial score (nSPS) is 9.95. The molecule has 0 bridgehead atoms. The Morgan fingerprint density at radius 1 is 1.37 bits per heavy atom. The lowest BCUT2D eigenvalue weighted by molar-refractivity contribution is 0.1000. The van der Waals surface area contributed by atoms with Gasteiger partial charge in [-0.15, -0.1) is 0 Å². The van der Waals surface area contributed by atoms with E-state index in [0.717, 1.165) is 6.42 Å². The van der Waals surface area contributed by atoms with Crippen molar-refractivity contribution in [2.24, 2.45) is 5.73 Å². The second kappa shape index (κ2) is 8.10. The molecule has 0 aliphatic rings. The van der Waals surface area contributed by atoms with Gasteiger partial charge in [-0.1, -0.05) is 6.07 Å². The first kappa shape index (κ1) is 15.0. The van der Waals surface area contributed by atoms with Gasteiger partial charge in [0.2, 0.25) is 5.91 Å². The number of amides is 3. The van der Waals surface area contributed by atoms with Crippen molar-refractivity contribution in [2.45, 2.75) is 13.3 Å². The maximum atomic E-state index is 11.5. The minimum atomic E-state index is -0.527. The number of anilines is 1. The molecule has 0 unspecified atom stereocenters. The van der Waals surface area contributed by atoms with Crippen LogP contribution in [0.2, 0.25) is 0 Å². The zero-order chi connectivity index (χ0) is 14.1. The molecule has 0 saturated carbocycles. The molecule has 0 aliphatic heterocycles. The molecule has 3 amide bonds. The predicted octanol–water partition coefficient (Wildman–Crippen LogP) is 1.33. The number of rotatable bonds is 7. The monoisotopic (exact) mass is 265 g/mol. The Labute approximate surface area is 112 Å². The zero-order valence-corrected chi connectivity index (χ0v) is 10.9. The summed E-state index contributed by atoms with van der Waals surface area (Å²) in [5.41, 5.74) is 6.04. The summed E-state index contributed by atoms with van der Waals surface area (Å²) in [5, 5.41) is 5.32. The summed E-state index contributed by atoms with van der Waals surface area (Å²) in [5.74, 6) is -0.527. The number of urea groups is 1. The van der Waals surface area contributed by atoms with Crippen LogP contribution in [0.5, 0.6) is 0 Å². The molecule has 4 N–H and O–H groups in total. The SMILES string of the molecule is CCOCCCNC(=O)Nc1cccc(C(N)=O)c1. The number of benzene rings is 1. The molecular weight excluding hydrogens is 246 g/mol. The molecule has 1 aromatic rings. The fourth-order valence-corrected chi connectivity index (χ4v) is 1.45. The highest BCUT2D eigenvalue weighted by Gasteiger charge is 2.04. The number of carbonyl (C=O) groups is 2. The van der Waals surface area contributed by atoms with Gasteiger partial charge in [-0.05, 0) is 31.5 Å². The Hall–Kier alpha value is -2.08. The van der Waals surface area contributed by atoms with Crippen LogP contribution in [0.3, 0.4) is 0 Å². The van der Waals surface area contributed by atoms with Crippen LogP contribution in [0.25, 0.3) is 0 Å². The second-order valence-corrected chi connectivity index (χ2v) is 3.88. The second-order valence-electron chi connectivity index (χ2n) is 3.88. The highest BCUT2D eigenvalue weighted by atomic mass is 16.5. The molecule has 0 aromatic heterocycles. The number of hydrogen-bond acceptors (Lipinski definition) is 3. The van der Waals surface area contributed by atoms with Gasteiger partial charge in [-0.25, -0.2) is 4.79 Å². The highest BCUT2D eigenvalue weighted by molar-refractivity contribution is 5.95. The van der Waals surface area contributed by atoms with E-state index in [1.165, 1.54) is 6.07 Å². The summed E-state index contributed by atoms with van der Waals surface area (Å²) in [6, 6.07) is 6.14. The minimum absolute atomic E-state index is 0.321. The highest BCUT2D eigenvalue weighted by Crippen LogP contribution is 2.09. The van der Waals surface area contributed by atoms with Crippen molar-refractivity contribution in [1.82, 2.24) is 5.32 Å². The van der Waals surface area contributed by atoms with E-state index >= 15 is 0 Å². The van der Waals surface area contributed by atoms with Gasteiger partial charge < -0.3 is 21.1 Å². The predicted molar refractivity (Wildman–Crippen MR) is 73.1 cm³/mol. The molecule has 0 aliphatic carbocycles. The molecule has 6 nitrogen and oxygen atoms in total. The molecule has 0 atom stereocenters. The van der Waals surface area contributed by atoms with Crippen LogP contribution in [-0.4, -0.2) is 31.7 Å². The smallest absolute Gasteiger partial charge is 0.319 e. The summed E-state index contributed by atoms with van der Waals surface area (Å²) in [6.07, 6.45) is 0.753. The molecule has 1 aromatic carbocycles. The first-order valence-corrected chi connectivity index (χ1v) is 6.16. The lowest BCUT2D eigenvalue weighted by Crippen LogP contribution is -2.30. The van der Waals surface area contributed by atoms with E-state index in [4.69, 9.17) is 10.5 Å². The van der Waals surface area contributed by atoms with E-state index in [-0.39, 0.29) is 6.03 Å². The Morgan fingerprint density at radius 3 is 2.84 bits per heavy atom. The molecular formula is C13H19N3O3. The average Bonchev–Trinajstić information content (AvgIpc) is 2.38. The first-order chi connectivity index (χ1) is 9.13. The van der Waals surface area contributed by atoms with Gasteiger partial charge in [0.05, 0.1) is 0 Å². The molecule has 19 heavy (non-hydrogen) atoms. The fourth-order valence-electron chi connectivity index (χ4n) is 1.45. The molecule has 1 rings (SSSR count). The van der Waals surface area contributed by atoms with Gasteiger partial charge in [0.25, 0.3) is 0 Å². The van der Waals surface area contributed by atoms with Gasteiger partial charge >= 0.3 is 6.03 Å². The Morgan fingerprint density at radius 2 is 2.16 bits per heavy atom. The number of ether oxygens (including phenoxy) is 1. The number of nitrogens with two attached hydrogens (primary N) is 1. The van der Waals surface area contributed by atoms with E-state index < -0.39 is 5.91 Å². The lowest BCUT2D eigenvalue weighted by Gasteiger charge is -2.08. The third-order valence-corrected chi connectivity index (χ3v) is 2.36. The van der Waals surface area contributed by atoms with E-state index in [0.29, 0.717) is 31.0 Å². The lowest BCUT2D eigenvalue weighted by atomic mass is 10.2. The van der Waals surface area contributed by atoms with Gasteiger partial charge in [-0.3, -0.25) is 4.79 Å². The summed E-state index contributed by atoms with van der Waals surface area (Å²) in [7, 11) is 0. The van der Waals surface area contributed by atoms with Crippen LogP contribution in [0.4, 0.5) is 10.5 Å². The average molecular weight is 265 g/mol. The van der Waals surface area contributed by atoms with Crippen LogP contribution in [0.1, 0.15) is 23.7 Å². The summed E-state index contributed by atoms with van der Waals surface area (Å²) in [4.78, 5) is 22.5. The number of nitrogens with one attached hydrogen (secondary N) is 2. The topological polar surface area (TPSA) is 93.4 Å². The number of primary amides is 1. The van der Waals surface area contributed by atoms with Gasteiger partial charge in [0.15, 0.2) is 0 Å². The molecule has 0 fully saturated rings. The van der Waals surface area contributed by atoms with Gasteiger partial charge in [0.1, 0.15) is 0 Å². The van der Waals surface area contributed by atoms with Gasteiger partial charge in [-0.2, -0.15) is 0 Å². The third kappa shape index (κ3) is 5.87. The van der Waals surface area contributed by atoms with Crippen LogP contribution in [0, 0.1) is 0 Å². The van der Waals surface area contributed by atoms with E-state index in [9.17, 15) is 9.59 Å². The Kier molecular flexibility index (Phi) is 6.38. The van der Waals surface area contributed by atoms with Crippen LogP contribution in [-0.2, 0) is 4.74 Å². The maximum Gasteiger partial charge on any atom is 0.319 e. The largest absolute Gasteiger partial charge is 0.382 e. The summed E-state index contributed by atoms with van der Waals surface area (Å²) in [6.45, 7) is 3.74. The quantitative estimate of drug-likeness (QED) is 0.649. The molecule has 0 radical (unpaired) electrons. The standard InChI is InChI=1S/C13H19N3O3/c1-2-19-8-4-7-15-13(18)16-11-6-3-5-10(9-11)12(14)17/h3,5-6,9H,2,4,7-8H2,1H3,(H2,14,17)(H2,15,16,18). The van der Waals surface area contributed by atoms with Gasteiger partial charge in [0, 0.05) is 31.0 Å². The Bertz CT molecular complexity index is 435. The zero-order valence-electron chi connectivity index (χ0n) is 10.9. The summed E-state index contributed by atoms with van der Waals surface area (Å²) >= 11 is 0. The van der Waals surface area contributed by atoms with Crippen molar-refractivity contribution in [3.05, 3.63) is 29.8 Å². The van der Waals surface area contributed by atoms with Crippen LogP contribution >= 0.6 is 0 Å². The van der Waals surface area contributed by atoms with Crippen LogP contribution in [0.15, 0.2) is 24.3 Å². The van der Waals surface area contributed by atoms with Crippen molar-refractivity contribution in [2.75, 3.05) is 25.1 Å². The van der Waals surface area contributed by atoms with Crippen molar-refractivity contribution in [3.8, 4) is 0 Å². The number of carbonyl (C=O) groups excluding carboxylic acids is 2. The molecule has 0 heterocycles. The minimum Gasteiger partial charge on any atom is -0.382 e. The van der Waals surface area contributed by atoms with E-state index in [1.54, 1.807) is 18.2 Å². The first-order valence-electron chi connectivity index (χ1n) is 6.16. The summed E-state index contributed by atoms with van der Waals surface area (Å²) < 4.78 is 5.15. The van der Waals surface area contributed by atoms with Crippen molar-refractivity contribution in [1.29, 1.82) is 0 Å². The van der Waals surface area contributed by atoms with E-state index in [2.05, 4.69) is 10.6 Å². The fraction of sp³-hybridized carbons (Fsp3) is 0.385. The van der Waals surface area contributed by atoms with E-state index in [1.807, 2.05) is 6.92 Å². The number of hydrogen-bond donors (Lipinski definition) is 3. The Balaban J connectivity index is 2.35. The maximum absolute atomic E-state index is 11.5. The van der Waals surface area contributed by atoms with Crippen molar-refractivity contribution >= 4 is 17.6 Å². The third-order valence-electron chi connectivity index (χ3n) is 2.36. The molecule has 0 spiro atoms. The molecule has 0 saturated heterocycles. The molecule has 6 heteroatoms. The van der Waals surface area contributed by atoms with Crippen molar-refractivity contribution in [3.63, 3.8) is 0 Å². The molecule has 104 valence electrons. The van der Waals surface area contributed by atoms with Crippen molar-refractivity contribution < 1.29 is 14.3 Å².